The molecule has 0 spiro atoms. The Bertz CT molecular complexity index is 724. The number of hydrogen-bond acceptors (Lipinski definition) is 5. The maximum absolute atomic E-state index is 12.6. The molecule has 0 bridgehead atoms. The topological polar surface area (TPSA) is 52.6 Å². The molecular weight excluding hydrogens is 338 g/mol. The minimum atomic E-state index is 0.185. The van der Waals surface area contributed by atoms with Crippen LogP contribution < -0.4 is 4.90 Å². The third-order valence-electron chi connectivity index (χ3n) is 4.97. The molecule has 6 nitrogen and oxygen atoms in total. The number of carbonyl (C=O) groups excluding carboxylic acids is 1. The first-order chi connectivity index (χ1) is 13.0. The smallest absolute Gasteiger partial charge is 0.236 e. The summed E-state index contributed by atoms with van der Waals surface area (Å²) in [5.41, 5.74) is 2.58. The van der Waals surface area contributed by atoms with Gasteiger partial charge in [-0.3, -0.25) is 9.69 Å². The van der Waals surface area contributed by atoms with E-state index in [0.717, 1.165) is 25.6 Å². The molecule has 0 N–H and O–H groups in total. The van der Waals surface area contributed by atoms with Gasteiger partial charge in [-0.15, -0.1) is 0 Å². The van der Waals surface area contributed by atoms with Gasteiger partial charge in [0.1, 0.15) is 0 Å². The molecule has 1 aromatic heterocycles. The second-order valence-electron chi connectivity index (χ2n) is 7.49. The average molecular weight is 367 g/mol. The fraction of sp³-hybridized carbons (Fsp3) is 0.476. The van der Waals surface area contributed by atoms with Crippen LogP contribution in [-0.2, 0) is 11.3 Å². The van der Waals surface area contributed by atoms with E-state index in [1.54, 1.807) is 12.4 Å². The van der Waals surface area contributed by atoms with Crippen LogP contribution in [0.25, 0.3) is 0 Å². The molecule has 1 amide bonds. The van der Waals surface area contributed by atoms with Crippen molar-refractivity contribution in [2.45, 2.75) is 26.3 Å². The van der Waals surface area contributed by atoms with Crippen molar-refractivity contribution in [3.8, 4) is 0 Å². The highest BCUT2D eigenvalue weighted by Gasteiger charge is 2.23. The van der Waals surface area contributed by atoms with E-state index in [2.05, 4.69) is 57.9 Å². The molecule has 1 aliphatic rings. The predicted molar refractivity (Wildman–Crippen MR) is 108 cm³/mol. The van der Waals surface area contributed by atoms with Crippen LogP contribution in [0.4, 0.5) is 5.95 Å². The summed E-state index contributed by atoms with van der Waals surface area (Å²) in [6.07, 6.45) is 3.51. The van der Waals surface area contributed by atoms with Crippen LogP contribution in [-0.4, -0.2) is 65.4 Å². The first-order valence-electron chi connectivity index (χ1n) is 9.60. The summed E-state index contributed by atoms with van der Waals surface area (Å²) in [6, 6.07) is 10.5. The van der Waals surface area contributed by atoms with Crippen molar-refractivity contribution in [1.29, 1.82) is 0 Å². The second-order valence-corrected chi connectivity index (χ2v) is 7.49. The predicted octanol–water partition coefficient (Wildman–Crippen LogP) is 2.38. The van der Waals surface area contributed by atoms with E-state index in [1.807, 2.05) is 18.0 Å². The molecule has 2 heterocycles. The summed E-state index contributed by atoms with van der Waals surface area (Å²) in [5, 5.41) is 0. The number of benzene rings is 1. The van der Waals surface area contributed by atoms with Gasteiger partial charge in [-0.1, -0.05) is 38.1 Å². The van der Waals surface area contributed by atoms with Crippen molar-refractivity contribution >= 4 is 11.9 Å². The van der Waals surface area contributed by atoms with Gasteiger partial charge in [0.25, 0.3) is 0 Å². The Morgan fingerprint density at radius 2 is 1.70 bits per heavy atom. The fourth-order valence-corrected chi connectivity index (χ4v) is 3.32. The van der Waals surface area contributed by atoms with Crippen molar-refractivity contribution < 1.29 is 4.79 Å². The minimum absolute atomic E-state index is 0.185. The fourth-order valence-electron chi connectivity index (χ4n) is 3.32. The number of amides is 1. The summed E-state index contributed by atoms with van der Waals surface area (Å²) >= 11 is 0. The maximum atomic E-state index is 12.6. The molecule has 1 saturated heterocycles. The zero-order valence-corrected chi connectivity index (χ0v) is 16.5. The first kappa shape index (κ1) is 19.3. The molecule has 6 heteroatoms. The summed E-state index contributed by atoms with van der Waals surface area (Å²) < 4.78 is 0. The number of anilines is 1. The van der Waals surface area contributed by atoms with E-state index in [0.29, 0.717) is 25.6 Å². The normalized spacial score (nSPS) is 14.9. The highest BCUT2D eigenvalue weighted by molar-refractivity contribution is 5.78. The van der Waals surface area contributed by atoms with Crippen molar-refractivity contribution in [3.05, 3.63) is 53.9 Å². The van der Waals surface area contributed by atoms with Crippen molar-refractivity contribution in [2.24, 2.45) is 0 Å². The highest BCUT2D eigenvalue weighted by atomic mass is 16.2. The van der Waals surface area contributed by atoms with Crippen molar-refractivity contribution in [1.82, 2.24) is 19.8 Å². The number of rotatable bonds is 6. The molecule has 0 unspecified atom stereocenters. The van der Waals surface area contributed by atoms with Crippen molar-refractivity contribution in [3.63, 3.8) is 0 Å². The summed E-state index contributed by atoms with van der Waals surface area (Å²) in [4.78, 5) is 27.3. The molecule has 2 aromatic rings. The molecular formula is C21H29N5O. The number of likely N-dealkylation sites (N-methyl/N-ethyl adjacent to an activating group) is 1. The van der Waals surface area contributed by atoms with Crippen LogP contribution in [0.3, 0.4) is 0 Å². The minimum Gasteiger partial charge on any atom is -0.338 e. The monoisotopic (exact) mass is 367 g/mol. The van der Waals surface area contributed by atoms with Crippen LogP contribution in [0.1, 0.15) is 30.9 Å². The molecule has 0 atom stereocenters. The van der Waals surface area contributed by atoms with Gasteiger partial charge in [0, 0.05) is 45.1 Å². The van der Waals surface area contributed by atoms with Gasteiger partial charge in [0.2, 0.25) is 11.9 Å². The van der Waals surface area contributed by atoms with Crippen molar-refractivity contribution in [2.75, 3.05) is 44.7 Å². The highest BCUT2D eigenvalue weighted by Crippen LogP contribution is 2.15. The Labute approximate surface area is 161 Å². The Morgan fingerprint density at radius 3 is 2.30 bits per heavy atom. The van der Waals surface area contributed by atoms with Gasteiger partial charge in [-0.25, -0.2) is 9.97 Å². The van der Waals surface area contributed by atoms with Crippen LogP contribution >= 0.6 is 0 Å². The summed E-state index contributed by atoms with van der Waals surface area (Å²) in [5.74, 6) is 1.47. The van der Waals surface area contributed by atoms with Gasteiger partial charge < -0.3 is 9.80 Å². The van der Waals surface area contributed by atoms with E-state index < -0.39 is 0 Å². The molecule has 0 radical (unpaired) electrons. The van der Waals surface area contributed by atoms with Gasteiger partial charge >= 0.3 is 0 Å². The second kappa shape index (κ2) is 8.95. The lowest BCUT2D eigenvalue weighted by molar-refractivity contribution is -0.132. The zero-order valence-electron chi connectivity index (χ0n) is 16.5. The number of aromatic nitrogens is 2. The largest absolute Gasteiger partial charge is 0.338 e. The first-order valence-corrected chi connectivity index (χ1v) is 9.60. The van der Waals surface area contributed by atoms with Gasteiger partial charge in [-0.2, -0.15) is 0 Å². The number of hydrogen-bond donors (Lipinski definition) is 0. The summed E-state index contributed by atoms with van der Waals surface area (Å²) in [6.45, 7) is 8.59. The Hall–Kier alpha value is -2.47. The third kappa shape index (κ3) is 5.26. The number of nitrogens with zero attached hydrogens (tertiary/aromatic N) is 5. The lowest BCUT2D eigenvalue weighted by atomic mass is 10.0. The van der Waals surface area contributed by atoms with Crippen LogP contribution in [0.15, 0.2) is 42.7 Å². The molecule has 0 aliphatic carbocycles. The average Bonchev–Trinajstić information content (AvgIpc) is 2.69. The third-order valence-corrected chi connectivity index (χ3v) is 4.97. The molecule has 1 fully saturated rings. The number of carbonyl (C=O) groups is 1. The molecule has 1 aliphatic heterocycles. The number of piperazine rings is 1. The molecule has 0 saturated carbocycles. The lowest BCUT2D eigenvalue weighted by Gasteiger charge is -2.35. The van der Waals surface area contributed by atoms with Crippen LogP contribution in [0.5, 0.6) is 0 Å². The molecule has 27 heavy (non-hydrogen) atoms. The SMILES string of the molecule is CC(C)c1ccc(CN(C)CC(=O)N2CCN(c3ncccn3)CC2)cc1. The van der Waals surface area contributed by atoms with Gasteiger partial charge in [-0.05, 0) is 30.2 Å². The maximum Gasteiger partial charge on any atom is 0.236 e. The van der Waals surface area contributed by atoms with E-state index >= 15 is 0 Å². The quantitative estimate of drug-likeness (QED) is 0.785. The molecule has 3 rings (SSSR count). The van der Waals surface area contributed by atoms with E-state index in [4.69, 9.17) is 0 Å². The molecule has 144 valence electrons. The summed E-state index contributed by atoms with van der Waals surface area (Å²) in [7, 11) is 2.00. The Morgan fingerprint density at radius 1 is 1.07 bits per heavy atom. The van der Waals surface area contributed by atoms with E-state index in [-0.39, 0.29) is 5.91 Å². The zero-order chi connectivity index (χ0) is 19.2. The Balaban J connectivity index is 1.46. The van der Waals surface area contributed by atoms with Gasteiger partial charge in [0.05, 0.1) is 6.54 Å². The van der Waals surface area contributed by atoms with Crippen LogP contribution in [0.2, 0.25) is 0 Å². The van der Waals surface area contributed by atoms with E-state index in [1.165, 1.54) is 11.1 Å². The standard InChI is InChI=1S/C21H29N5O/c1-17(2)19-7-5-18(6-8-19)15-24(3)16-20(27)25-11-13-26(14-12-25)21-22-9-4-10-23-21/h4-10,17H,11-16H2,1-3H3. The lowest BCUT2D eigenvalue weighted by Crippen LogP contribution is -2.51. The van der Waals surface area contributed by atoms with Gasteiger partial charge in [0.15, 0.2) is 0 Å². The molecule has 1 aromatic carbocycles. The Kier molecular flexibility index (Phi) is 6.40. The van der Waals surface area contributed by atoms with Crippen LogP contribution in [0, 0.1) is 0 Å². The van der Waals surface area contributed by atoms with E-state index in [9.17, 15) is 4.79 Å².